The molecule has 3 saturated carbocycles. The minimum absolute atomic E-state index is 0.00154. The van der Waals surface area contributed by atoms with Crippen molar-refractivity contribution >= 4 is 59.0 Å². The normalized spacial score (nSPS) is 22.3. The Labute approximate surface area is 773 Å². The third-order valence-corrected chi connectivity index (χ3v) is 26.2. The number of carboxylic acid groups (broad SMARTS) is 1. The maximum Gasteiger partial charge on any atom is 0.508 e. The van der Waals surface area contributed by atoms with E-state index in [1.54, 1.807) is 0 Å². The topological polar surface area (TPSA) is 325 Å². The number of hydrogen-bond acceptors (Lipinski definition) is 25. The predicted molar refractivity (Wildman–Crippen MR) is 486 cm³/mol. The molecule has 16 atom stereocenters. The predicted octanol–water partition coefficient (Wildman–Crippen LogP) is 17.6. The molecule has 7 aromatic carbocycles. The van der Waals surface area contributed by atoms with Gasteiger partial charge in [0.05, 0.1) is 12.2 Å². The maximum atomic E-state index is 13.0. The number of aliphatic carboxylic acids is 1. The average molecular weight is 1830 g/mol. The molecule has 1 unspecified atom stereocenters. The number of fused-ring (bicyclic) bond motifs is 6. The van der Waals surface area contributed by atoms with Crippen LogP contribution in [0.1, 0.15) is 173 Å². The van der Waals surface area contributed by atoms with Gasteiger partial charge < -0.3 is 86.0 Å². The molecule has 14 rings (SSSR count). The van der Waals surface area contributed by atoms with Gasteiger partial charge in [-0.05, 0) is 274 Å². The van der Waals surface area contributed by atoms with Crippen LogP contribution in [-0.4, -0.2) is 168 Å². The van der Waals surface area contributed by atoms with E-state index >= 15 is 0 Å². The standard InChI is InChI=1S/C40H48O8.C38H44O9.C23H32O7.C3H5ClO2/c1-2-32(47-39-18-9-10-21-43-39)19-20-33-34-22-30-16-11-17-36(44-27-38(41)45-25-28-12-5-3-6-13-28)35(30)23-31(34)24-37(33)48-40(42)46-26-29-14-7-4-8-15-29;1-3-30(46-37(40)24-42-2)17-18-31-32-19-28-15-10-16-34(43-25-36(39)44-22-26-11-6-4-7-12-26)33(28)20-29(32)21-35(31)47-38(41)45-23-27-13-8-5-9-14-27;1-3-16(30-23(27)13-28-2)7-8-17-18-9-14-5-4-6-21(29-12-22(25)26)19(14)10-15(18)11-20(17)24;1-6-2-3(4)5/h3-8,11-17,31-34,37,39H,2,9-10,18-27H2,1H3;4-16,29-32,35H,3,17-25H2,1-2H3;4-6,15-18,20,24H,3,7-13H2,1-2H3,(H,25,26);2H2,1H3/t31-,32-,33+,34-,37+,39?;29-,30-,31+,32-,35+;15-,16-,17+,18-,20+;/m000./s1. The Morgan fingerprint density at radius 3 is 1.13 bits per heavy atom. The Kier molecular flexibility index (Phi) is 41.1. The Balaban J connectivity index is 0.000000188. The SMILES string of the molecule is CC[C@@H](CC[C@@H]1[C@H]2Cc3cccc(OCC(=O)O)c3C[C@H]2C[C@H]1O)OC(=O)COC.CC[C@@H](CC[C@@H]1[C@H]2Cc3cccc(OCC(=O)OCc4ccccc4)c3C[C@H]2C[C@H]1OC(=O)OCc1ccccc1)OC(=O)COC.CC[C@@H](CC[C@@H]1[C@H]2Cc3cccc(OCC(=O)OCc4ccccc4)c3C[C@H]2C[C@H]1OC(=O)OCc1ccccc1)OC1CCCCO1.COCC(=O)Cl. The van der Waals surface area contributed by atoms with Crippen molar-refractivity contribution in [3.8, 4) is 17.2 Å². The lowest BCUT2D eigenvalue weighted by atomic mass is 9.73. The van der Waals surface area contributed by atoms with Gasteiger partial charge in [-0.2, -0.15) is 0 Å². The summed E-state index contributed by atoms with van der Waals surface area (Å²) in [6.45, 7) is 6.82. The lowest BCUT2D eigenvalue weighted by Crippen LogP contribution is -2.31. The highest BCUT2D eigenvalue weighted by atomic mass is 35.5. The number of ether oxygens (including phenoxy) is 16. The van der Waals surface area contributed by atoms with Crippen molar-refractivity contribution in [1.82, 2.24) is 0 Å². The fourth-order valence-electron chi connectivity index (χ4n) is 19.8. The monoisotopic (exact) mass is 1830 g/mol. The number of benzene rings is 7. The molecule has 708 valence electrons. The number of aliphatic hydroxyl groups is 1. The second kappa shape index (κ2) is 53.3. The van der Waals surface area contributed by atoms with Crippen molar-refractivity contribution in [3.05, 3.63) is 232 Å². The zero-order valence-electron chi connectivity index (χ0n) is 76.2. The van der Waals surface area contributed by atoms with Crippen LogP contribution < -0.4 is 14.2 Å². The van der Waals surface area contributed by atoms with Crippen LogP contribution in [-0.2, 0) is 155 Å². The number of hydrogen-bond donors (Lipinski definition) is 2. The number of aliphatic hydroxyl groups excluding tert-OH is 1. The van der Waals surface area contributed by atoms with E-state index < -0.39 is 35.5 Å². The molecular weight excluding hydrogens is 1700 g/mol. The van der Waals surface area contributed by atoms with Crippen LogP contribution in [0.4, 0.5) is 9.59 Å². The maximum absolute atomic E-state index is 13.0. The minimum Gasteiger partial charge on any atom is -0.482 e. The van der Waals surface area contributed by atoms with E-state index in [9.17, 15) is 43.5 Å². The van der Waals surface area contributed by atoms with E-state index in [0.29, 0.717) is 54.4 Å². The van der Waals surface area contributed by atoms with Crippen LogP contribution in [0.3, 0.4) is 0 Å². The molecular formula is C104H129ClO26. The summed E-state index contributed by atoms with van der Waals surface area (Å²) in [6, 6.07) is 56.1. The lowest BCUT2D eigenvalue weighted by molar-refractivity contribution is -0.190. The summed E-state index contributed by atoms with van der Waals surface area (Å²) < 4.78 is 89.1. The second-order valence-electron chi connectivity index (χ2n) is 34.7. The number of methoxy groups -OCH3 is 3. The zero-order chi connectivity index (χ0) is 92.8. The molecule has 0 aromatic heterocycles. The van der Waals surface area contributed by atoms with E-state index in [-0.39, 0.29) is 151 Å². The minimum atomic E-state index is -0.991. The van der Waals surface area contributed by atoms with Gasteiger partial charge >= 0.3 is 42.2 Å². The summed E-state index contributed by atoms with van der Waals surface area (Å²) in [7, 11) is 4.35. The molecule has 6 aliphatic carbocycles. The Morgan fingerprint density at radius 1 is 0.405 bits per heavy atom. The van der Waals surface area contributed by atoms with E-state index in [1.807, 2.05) is 172 Å². The fraction of sp³-hybridized carbons (Fsp3) is 0.519. The van der Waals surface area contributed by atoms with Gasteiger partial charge in [0.1, 0.15) is 87.9 Å². The molecule has 1 aliphatic heterocycles. The van der Waals surface area contributed by atoms with E-state index in [0.717, 1.165) is 172 Å². The fourth-order valence-corrected chi connectivity index (χ4v) is 19.9. The van der Waals surface area contributed by atoms with E-state index in [4.69, 9.17) is 87.8 Å². The van der Waals surface area contributed by atoms with Crippen LogP contribution in [0.25, 0.3) is 0 Å². The Bertz CT molecular complexity index is 4700. The van der Waals surface area contributed by atoms with Gasteiger partial charge in [0, 0.05) is 27.9 Å². The summed E-state index contributed by atoms with van der Waals surface area (Å²) in [5.74, 6) is 1.76. The van der Waals surface area contributed by atoms with Crippen molar-refractivity contribution in [2.75, 3.05) is 67.6 Å². The van der Waals surface area contributed by atoms with Crippen molar-refractivity contribution in [2.45, 2.75) is 225 Å². The zero-order valence-corrected chi connectivity index (χ0v) is 76.9. The third-order valence-electron chi connectivity index (χ3n) is 26.1. The van der Waals surface area contributed by atoms with Crippen LogP contribution in [0.5, 0.6) is 17.2 Å². The molecule has 27 heteroatoms. The van der Waals surface area contributed by atoms with Gasteiger partial charge in [0.2, 0.25) is 5.24 Å². The average Bonchev–Trinajstić information content (AvgIpc) is 1.63. The number of carboxylic acids is 1. The first-order chi connectivity index (χ1) is 63.7. The van der Waals surface area contributed by atoms with Crippen LogP contribution >= 0.6 is 11.6 Å². The summed E-state index contributed by atoms with van der Waals surface area (Å²) in [5, 5.41) is 19.2. The van der Waals surface area contributed by atoms with Crippen LogP contribution in [0.2, 0.25) is 0 Å². The van der Waals surface area contributed by atoms with E-state index in [2.05, 4.69) is 29.9 Å². The van der Waals surface area contributed by atoms with Crippen molar-refractivity contribution < 1.29 is 124 Å². The number of rotatable bonds is 41. The second-order valence-corrected chi connectivity index (χ2v) is 35.2. The first-order valence-electron chi connectivity index (χ1n) is 46.2. The molecule has 26 nitrogen and oxygen atoms in total. The Hall–Kier alpha value is -10.5. The third kappa shape index (κ3) is 31.6. The summed E-state index contributed by atoms with van der Waals surface area (Å²) in [5.41, 5.74) is 10.5. The molecule has 0 bridgehead atoms. The summed E-state index contributed by atoms with van der Waals surface area (Å²) in [4.78, 5) is 95.3. The van der Waals surface area contributed by atoms with Crippen LogP contribution in [0, 0.1) is 53.3 Å². The molecule has 0 spiro atoms. The summed E-state index contributed by atoms with van der Waals surface area (Å²) in [6.07, 6.45) is 14.5. The smallest absolute Gasteiger partial charge is 0.482 e. The molecule has 1 heterocycles. The van der Waals surface area contributed by atoms with Crippen molar-refractivity contribution in [2.24, 2.45) is 53.3 Å². The lowest BCUT2D eigenvalue weighted by Gasteiger charge is -2.33. The van der Waals surface area contributed by atoms with Gasteiger partial charge in [-0.25, -0.2) is 33.6 Å². The first kappa shape index (κ1) is 101. The largest absolute Gasteiger partial charge is 0.508 e. The van der Waals surface area contributed by atoms with Gasteiger partial charge in [0.15, 0.2) is 26.1 Å². The van der Waals surface area contributed by atoms with Crippen molar-refractivity contribution in [3.63, 3.8) is 0 Å². The molecule has 1 saturated heterocycles. The molecule has 7 aliphatic rings. The van der Waals surface area contributed by atoms with Crippen molar-refractivity contribution in [1.29, 1.82) is 0 Å². The number of carbonyl (C=O) groups excluding carboxylic acids is 7. The van der Waals surface area contributed by atoms with Gasteiger partial charge in [-0.15, -0.1) is 0 Å². The van der Waals surface area contributed by atoms with Gasteiger partial charge in [-0.1, -0.05) is 178 Å². The summed E-state index contributed by atoms with van der Waals surface area (Å²) >= 11 is 4.81. The number of carbonyl (C=O) groups is 8. The molecule has 2 N–H and O–H groups in total. The van der Waals surface area contributed by atoms with Crippen LogP contribution in [0.15, 0.2) is 176 Å². The Morgan fingerprint density at radius 2 is 0.771 bits per heavy atom. The molecule has 7 aromatic rings. The number of halogens is 1. The highest BCUT2D eigenvalue weighted by Crippen LogP contribution is 2.53. The molecule has 131 heavy (non-hydrogen) atoms. The number of esters is 4. The molecule has 0 radical (unpaired) electrons. The van der Waals surface area contributed by atoms with Gasteiger partial charge in [-0.3, -0.25) is 4.79 Å². The highest BCUT2D eigenvalue weighted by molar-refractivity contribution is 6.63. The van der Waals surface area contributed by atoms with E-state index in [1.165, 1.54) is 32.5 Å². The molecule has 0 amide bonds. The first-order valence-corrected chi connectivity index (χ1v) is 46.6. The molecule has 4 fully saturated rings. The quantitative estimate of drug-likeness (QED) is 0.0204. The van der Waals surface area contributed by atoms with Gasteiger partial charge in [0.25, 0.3) is 0 Å². The highest BCUT2D eigenvalue weighted by Gasteiger charge is 2.51.